The minimum absolute atomic E-state index is 0.0278. The Kier molecular flexibility index (Phi) is 4.39. The SMILES string of the molecule is C[C@]12CC[C@@H](O)C[C@@H]1[C@@H](O)C[C@@H]1[C@@H]2C(=O)C[C@@]2(C)[C@H]1CC[C@]2(O)C(=O)CO. The molecule has 27 heavy (non-hydrogen) atoms. The molecule has 0 heterocycles. The van der Waals surface area contributed by atoms with Crippen LogP contribution in [-0.2, 0) is 9.59 Å². The first-order valence-corrected chi connectivity index (χ1v) is 10.3. The van der Waals surface area contributed by atoms with E-state index in [2.05, 4.69) is 6.92 Å². The molecule has 0 aromatic carbocycles. The number of carbonyl (C=O) groups excluding carboxylic acids is 2. The number of ketones is 2. The highest BCUT2D eigenvalue weighted by molar-refractivity contribution is 5.92. The van der Waals surface area contributed by atoms with E-state index in [9.17, 15) is 30.0 Å². The van der Waals surface area contributed by atoms with Gasteiger partial charge in [0.2, 0.25) is 0 Å². The van der Waals surface area contributed by atoms with Crippen LogP contribution in [0.5, 0.6) is 0 Å². The van der Waals surface area contributed by atoms with E-state index in [1.807, 2.05) is 6.92 Å². The summed E-state index contributed by atoms with van der Waals surface area (Å²) in [5.41, 5.74) is -2.90. The van der Waals surface area contributed by atoms with Crippen molar-refractivity contribution in [3.05, 3.63) is 0 Å². The highest BCUT2D eigenvalue weighted by Gasteiger charge is 2.69. The Labute approximate surface area is 160 Å². The van der Waals surface area contributed by atoms with Crippen LogP contribution >= 0.6 is 0 Å². The van der Waals surface area contributed by atoms with Crippen molar-refractivity contribution < 1.29 is 30.0 Å². The lowest BCUT2D eigenvalue weighted by Crippen LogP contribution is -2.64. The standard InChI is InChI=1S/C21H32O6/c1-19-5-3-11(23)7-14(19)15(24)8-12-13-4-6-21(27,17(26)10-22)20(13,2)9-16(25)18(12)19/h11-15,18,22-24,27H,3-10H2,1-2H3/t11-,12+,13+,14-,15+,18-,19+,20+,21+/m1/s1. The van der Waals surface area contributed by atoms with Crippen LogP contribution in [0.4, 0.5) is 0 Å². The van der Waals surface area contributed by atoms with Gasteiger partial charge in [-0.15, -0.1) is 0 Å². The Balaban J connectivity index is 1.73. The minimum Gasteiger partial charge on any atom is -0.393 e. The van der Waals surface area contributed by atoms with E-state index in [4.69, 9.17) is 0 Å². The Hall–Kier alpha value is -0.820. The van der Waals surface area contributed by atoms with Gasteiger partial charge in [-0.25, -0.2) is 0 Å². The molecule has 0 aromatic rings. The van der Waals surface area contributed by atoms with Gasteiger partial charge in [0.15, 0.2) is 5.78 Å². The Morgan fingerprint density at radius 2 is 1.81 bits per heavy atom. The molecule has 6 nitrogen and oxygen atoms in total. The lowest BCUT2D eigenvalue weighted by atomic mass is 9.43. The first-order chi connectivity index (χ1) is 12.6. The van der Waals surface area contributed by atoms with E-state index >= 15 is 0 Å². The van der Waals surface area contributed by atoms with Crippen molar-refractivity contribution in [3.8, 4) is 0 Å². The molecular formula is C21H32O6. The fraction of sp³-hybridized carbons (Fsp3) is 0.905. The number of hydrogen-bond donors (Lipinski definition) is 4. The first-order valence-electron chi connectivity index (χ1n) is 10.3. The van der Waals surface area contributed by atoms with Crippen LogP contribution < -0.4 is 0 Å². The van der Waals surface area contributed by atoms with Crippen LogP contribution in [0.2, 0.25) is 0 Å². The van der Waals surface area contributed by atoms with Gasteiger partial charge in [-0.1, -0.05) is 13.8 Å². The van der Waals surface area contributed by atoms with Gasteiger partial charge < -0.3 is 20.4 Å². The Bertz CT molecular complexity index is 663. The van der Waals surface area contributed by atoms with E-state index in [-0.39, 0.29) is 47.7 Å². The van der Waals surface area contributed by atoms with E-state index < -0.39 is 35.6 Å². The molecule has 4 rings (SSSR count). The monoisotopic (exact) mass is 380 g/mol. The van der Waals surface area contributed by atoms with Crippen LogP contribution in [0.15, 0.2) is 0 Å². The average Bonchev–Trinajstić information content (AvgIpc) is 2.87. The highest BCUT2D eigenvalue weighted by Crippen LogP contribution is 2.67. The van der Waals surface area contributed by atoms with Gasteiger partial charge in [0.25, 0.3) is 0 Å². The van der Waals surface area contributed by atoms with E-state index in [0.717, 1.165) is 0 Å². The Morgan fingerprint density at radius 1 is 1.11 bits per heavy atom. The minimum atomic E-state index is -1.67. The second-order valence-electron chi connectivity index (χ2n) is 10.1. The van der Waals surface area contributed by atoms with Crippen molar-refractivity contribution in [3.63, 3.8) is 0 Å². The number of hydrogen-bond acceptors (Lipinski definition) is 6. The highest BCUT2D eigenvalue weighted by atomic mass is 16.3. The topological polar surface area (TPSA) is 115 Å². The summed E-state index contributed by atoms with van der Waals surface area (Å²) in [6, 6.07) is 0. The number of aliphatic hydroxyl groups is 4. The van der Waals surface area contributed by atoms with Crippen molar-refractivity contribution >= 4 is 11.6 Å². The summed E-state index contributed by atoms with van der Waals surface area (Å²) in [7, 11) is 0. The van der Waals surface area contributed by atoms with E-state index in [1.165, 1.54) is 0 Å². The van der Waals surface area contributed by atoms with E-state index in [1.54, 1.807) is 0 Å². The molecular weight excluding hydrogens is 348 g/mol. The molecule has 0 saturated heterocycles. The van der Waals surface area contributed by atoms with Crippen molar-refractivity contribution in [1.82, 2.24) is 0 Å². The fourth-order valence-corrected chi connectivity index (χ4v) is 7.70. The zero-order valence-electron chi connectivity index (χ0n) is 16.2. The summed E-state index contributed by atoms with van der Waals surface area (Å²) in [6.45, 7) is 3.18. The van der Waals surface area contributed by atoms with Crippen LogP contribution in [0, 0.1) is 34.5 Å². The molecule has 4 N–H and O–H groups in total. The summed E-state index contributed by atoms with van der Waals surface area (Å²) in [6.07, 6.45) is 2.40. The molecule has 0 radical (unpaired) electrons. The third-order valence-corrected chi connectivity index (χ3v) is 9.10. The second kappa shape index (κ2) is 6.09. The third-order valence-electron chi connectivity index (χ3n) is 9.10. The molecule has 152 valence electrons. The summed E-state index contributed by atoms with van der Waals surface area (Å²) in [5, 5.41) is 41.5. The molecule has 0 amide bonds. The fourth-order valence-electron chi connectivity index (χ4n) is 7.70. The van der Waals surface area contributed by atoms with Crippen molar-refractivity contribution in [2.45, 2.75) is 76.6 Å². The number of aliphatic hydroxyl groups excluding tert-OH is 3. The normalized spacial score (nSPS) is 54.8. The molecule has 0 spiro atoms. The molecule has 9 atom stereocenters. The molecule has 4 fully saturated rings. The van der Waals surface area contributed by atoms with Gasteiger partial charge >= 0.3 is 0 Å². The molecule has 0 aromatic heterocycles. The molecule has 0 unspecified atom stereocenters. The largest absolute Gasteiger partial charge is 0.393 e. The van der Waals surface area contributed by atoms with Gasteiger partial charge in [-0.05, 0) is 61.7 Å². The van der Waals surface area contributed by atoms with Crippen LogP contribution in [0.3, 0.4) is 0 Å². The van der Waals surface area contributed by atoms with Gasteiger partial charge in [-0.2, -0.15) is 0 Å². The van der Waals surface area contributed by atoms with Crippen molar-refractivity contribution in [2.75, 3.05) is 6.61 Å². The first kappa shape index (κ1) is 19.5. The smallest absolute Gasteiger partial charge is 0.190 e. The maximum absolute atomic E-state index is 13.4. The zero-order valence-corrected chi connectivity index (χ0v) is 16.2. The predicted octanol–water partition coefficient (Wildman–Crippen LogP) is 0.832. The summed E-state index contributed by atoms with van der Waals surface area (Å²) < 4.78 is 0. The molecule has 4 saturated carbocycles. The van der Waals surface area contributed by atoms with Crippen LogP contribution in [-0.4, -0.2) is 56.4 Å². The molecule has 6 heteroatoms. The number of carbonyl (C=O) groups is 2. The second-order valence-corrected chi connectivity index (χ2v) is 10.1. The maximum atomic E-state index is 13.4. The maximum Gasteiger partial charge on any atom is 0.190 e. The molecule has 4 aliphatic rings. The molecule has 0 aliphatic heterocycles. The summed E-state index contributed by atoms with van der Waals surface area (Å²) in [5.74, 6) is -0.901. The third kappa shape index (κ3) is 2.39. The molecule has 0 bridgehead atoms. The predicted molar refractivity (Wildman–Crippen MR) is 96.6 cm³/mol. The van der Waals surface area contributed by atoms with Gasteiger partial charge in [0.05, 0.1) is 12.2 Å². The van der Waals surface area contributed by atoms with Crippen LogP contribution in [0.1, 0.15) is 58.8 Å². The number of fused-ring (bicyclic) bond motifs is 5. The zero-order chi connectivity index (χ0) is 19.8. The number of rotatable bonds is 2. The van der Waals surface area contributed by atoms with Crippen LogP contribution in [0.25, 0.3) is 0 Å². The summed E-state index contributed by atoms with van der Waals surface area (Å²) >= 11 is 0. The number of Topliss-reactive ketones (excluding diaryl/α,β-unsaturated/α-hetero) is 2. The average molecular weight is 380 g/mol. The quantitative estimate of drug-likeness (QED) is 0.564. The molecule has 4 aliphatic carbocycles. The lowest BCUT2D eigenvalue weighted by molar-refractivity contribution is -0.193. The van der Waals surface area contributed by atoms with Crippen molar-refractivity contribution in [1.29, 1.82) is 0 Å². The van der Waals surface area contributed by atoms with Gasteiger partial charge in [0.1, 0.15) is 18.0 Å². The lowest BCUT2D eigenvalue weighted by Gasteiger charge is -2.61. The van der Waals surface area contributed by atoms with Gasteiger partial charge in [-0.3, -0.25) is 9.59 Å². The van der Waals surface area contributed by atoms with E-state index in [0.29, 0.717) is 32.1 Å². The summed E-state index contributed by atoms with van der Waals surface area (Å²) in [4.78, 5) is 25.8. The van der Waals surface area contributed by atoms with Gasteiger partial charge in [0, 0.05) is 17.8 Å². The van der Waals surface area contributed by atoms with Crippen molar-refractivity contribution in [2.24, 2.45) is 34.5 Å². The Morgan fingerprint density at radius 3 is 2.48 bits per heavy atom.